The Morgan fingerprint density at radius 1 is 0.500 bits per heavy atom. The van der Waals surface area contributed by atoms with Gasteiger partial charge in [-0.3, -0.25) is 44.4 Å². The molecule has 0 saturated carbocycles. The van der Waals surface area contributed by atoms with Gasteiger partial charge in [0.2, 0.25) is 0 Å². The first-order valence-electron chi connectivity index (χ1n) is 21.1. The first-order valence-corrected chi connectivity index (χ1v) is 21.1. The number of aromatic amines is 2. The van der Waals surface area contributed by atoms with Crippen molar-refractivity contribution in [1.29, 1.82) is 0 Å². The Kier molecular flexibility index (Phi) is 14.8. The molecule has 0 radical (unpaired) electrons. The summed E-state index contributed by atoms with van der Waals surface area (Å²) in [5, 5.41) is 25.8. The van der Waals surface area contributed by atoms with Crippen molar-refractivity contribution in [1.82, 2.24) is 24.1 Å². The normalized spacial score (nSPS) is 10.5. The van der Waals surface area contributed by atoms with Gasteiger partial charge in [0.05, 0.1) is 26.4 Å². The van der Waals surface area contributed by atoms with Gasteiger partial charge in [-0.1, -0.05) is 36.4 Å². The smallest absolute Gasteiger partial charge is 0.270 e. The lowest BCUT2D eigenvalue weighted by Gasteiger charge is -2.06. The molecule has 0 aliphatic carbocycles. The van der Waals surface area contributed by atoms with Gasteiger partial charge in [0.15, 0.2) is 0 Å². The number of nitrogen functional groups attached to an aromatic ring is 1. The van der Waals surface area contributed by atoms with Crippen molar-refractivity contribution in [3.8, 4) is 0 Å². The highest BCUT2D eigenvalue weighted by atomic mass is 16.6. The molecule has 10 aromatic rings. The predicted octanol–water partition coefficient (Wildman–Crippen LogP) is 9.31. The van der Waals surface area contributed by atoms with E-state index < -0.39 is 9.85 Å². The van der Waals surface area contributed by atoms with Crippen molar-refractivity contribution in [2.75, 3.05) is 5.73 Å². The van der Waals surface area contributed by atoms with Crippen LogP contribution in [0.5, 0.6) is 0 Å². The van der Waals surface area contributed by atoms with Gasteiger partial charge < -0.3 is 24.8 Å². The zero-order valence-corrected chi connectivity index (χ0v) is 38.4. The molecule has 0 spiro atoms. The maximum atomic E-state index is 11.6. The fourth-order valence-corrected chi connectivity index (χ4v) is 7.26. The number of para-hydroxylation sites is 2. The fraction of sp³-hybridized carbons (Fsp3) is 0.135. The molecule has 0 saturated heterocycles. The molecule has 5 aromatic heterocycles. The number of pyridine rings is 5. The van der Waals surface area contributed by atoms with Gasteiger partial charge in [0, 0.05) is 105 Å². The summed E-state index contributed by atoms with van der Waals surface area (Å²) in [4.78, 5) is 75.6. The van der Waals surface area contributed by atoms with Crippen LogP contribution in [0.15, 0.2) is 159 Å². The molecule has 5 aromatic carbocycles. The zero-order chi connectivity index (χ0) is 49.4. The van der Waals surface area contributed by atoms with Gasteiger partial charge in [0.1, 0.15) is 0 Å². The van der Waals surface area contributed by atoms with E-state index in [-0.39, 0.29) is 33.6 Å². The summed E-state index contributed by atoms with van der Waals surface area (Å²) >= 11 is 0. The van der Waals surface area contributed by atoms with Crippen molar-refractivity contribution >= 4 is 71.6 Å². The number of anilines is 1. The van der Waals surface area contributed by atoms with Crippen molar-refractivity contribution < 1.29 is 9.85 Å². The lowest BCUT2D eigenvalue weighted by Crippen LogP contribution is -2.19. The molecule has 0 unspecified atom stereocenters. The Bertz CT molecular complexity index is 3800. The minimum absolute atomic E-state index is 0.00583. The van der Waals surface area contributed by atoms with Gasteiger partial charge in [-0.05, 0) is 118 Å². The van der Waals surface area contributed by atoms with Crippen molar-refractivity contribution in [3.63, 3.8) is 0 Å². The second-order valence-electron chi connectivity index (χ2n) is 16.1. The third-order valence-corrected chi connectivity index (χ3v) is 10.9. The summed E-state index contributed by atoms with van der Waals surface area (Å²) in [6, 6.07) is 39.5. The number of non-ortho nitro benzene ring substituents is 2. The van der Waals surface area contributed by atoms with Crippen molar-refractivity contribution in [2.24, 2.45) is 14.1 Å². The molecule has 0 aliphatic heterocycles. The lowest BCUT2D eigenvalue weighted by atomic mass is 10.1. The predicted molar refractivity (Wildman–Crippen MR) is 271 cm³/mol. The highest BCUT2D eigenvalue weighted by Crippen LogP contribution is 2.21. The monoisotopic (exact) mass is 912 g/mol. The molecule has 344 valence electrons. The number of nitro benzene ring substituents is 2. The zero-order valence-electron chi connectivity index (χ0n) is 38.4. The Morgan fingerprint density at radius 3 is 1.54 bits per heavy atom. The van der Waals surface area contributed by atoms with Crippen LogP contribution in [0.3, 0.4) is 0 Å². The van der Waals surface area contributed by atoms with Crippen LogP contribution in [0.1, 0.15) is 27.8 Å². The molecule has 16 nitrogen and oxygen atoms in total. The molecule has 0 atom stereocenters. The Labute approximate surface area is 387 Å². The van der Waals surface area contributed by atoms with Gasteiger partial charge in [-0.25, -0.2) is 0 Å². The molecular formula is C52H48N8O8. The number of hydrogen-bond acceptors (Lipinski definition) is 10. The fourth-order valence-electron chi connectivity index (χ4n) is 7.26. The van der Waals surface area contributed by atoms with Crippen LogP contribution < -0.4 is 28.0 Å². The SMILES string of the molecule is Cc1cc2cc(N)ccc2n(C)c1=O.Cc1cc2cc([N+](=O)[O-])ccc2[nH]c1=O.Cc1cc2cc([N+](=O)[O-])ccc2n(C)c1=O.Cc1cc2ccccc2[nH]c1=O.Cc1cnc2ccccc2c1. The minimum atomic E-state index is -0.458. The van der Waals surface area contributed by atoms with E-state index in [2.05, 4.69) is 34.0 Å². The number of nitrogens with two attached hydrogens (primary N) is 1. The molecule has 0 fully saturated rings. The van der Waals surface area contributed by atoms with E-state index in [1.807, 2.05) is 86.8 Å². The van der Waals surface area contributed by atoms with Crippen LogP contribution in [-0.4, -0.2) is 33.9 Å². The molecule has 16 heteroatoms. The van der Waals surface area contributed by atoms with Crippen molar-refractivity contribution in [3.05, 3.63) is 229 Å². The minimum Gasteiger partial charge on any atom is -0.399 e. The molecule has 5 heterocycles. The van der Waals surface area contributed by atoms with Gasteiger partial charge >= 0.3 is 0 Å². The largest absolute Gasteiger partial charge is 0.399 e. The number of aromatic nitrogens is 5. The van der Waals surface area contributed by atoms with E-state index in [0.29, 0.717) is 32.9 Å². The first kappa shape index (κ1) is 48.4. The molecular weight excluding hydrogens is 865 g/mol. The van der Waals surface area contributed by atoms with E-state index in [1.165, 1.54) is 45.8 Å². The molecule has 4 N–H and O–H groups in total. The van der Waals surface area contributed by atoms with E-state index in [9.17, 15) is 39.4 Å². The van der Waals surface area contributed by atoms with E-state index in [0.717, 1.165) is 44.1 Å². The second kappa shape index (κ2) is 20.8. The van der Waals surface area contributed by atoms with Crippen LogP contribution in [-0.2, 0) is 14.1 Å². The molecule has 0 bridgehead atoms. The topological polar surface area (TPSA) is 235 Å². The van der Waals surface area contributed by atoms with Crippen LogP contribution in [0.2, 0.25) is 0 Å². The molecule has 68 heavy (non-hydrogen) atoms. The van der Waals surface area contributed by atoms with Gasteiger partial charge in [-0.2, -0.15) is 0 Å². The van der Waals surface area contributed by atoms with E-state index in [4.69, 9.17) is 5.73 Å². The quantitative estimate of drug-likeness (QED) is 0.0844. The highest BCUT2D eigenvalue weighted by molar-refractivity contribution is 5.84. The number of nitrogens with zero attached hydrogens (tertiary/aromatic N) is 5. The maximum Gasteiger partial charge on any atom is 0.270 e. The Balaban J connectivity index is 0.000000141. The molecule has 0 aliphatic rings. The van der Waals surface area contributed by atoms with Crippen LogP contribution in [0.25, 0.3) is 54.5 Å². The average Bonchev–Trinajstić information content (AvgIpc) is 3.31. The second-order valence-corrected chi connectivity index (χ2v) is 16.1. The number of nitrogens with one attached hydrogen (secondary N) is 2. The molecule has 10 rings (SSSR count). The summed E-state index contributed by atoms with van der Waals surface area (Å²) in [5.74, 6) is 0. The standard InChI is InChI=1S/C11H10N2O3.C11H12N2O.C10H8N2O3.C10H9NO.C10H9N/c1-7-5-8-6-9(13(15)16)3-4-10(8)12(2)11(7)14;1-7-5-8-6-9(12)3-4-10(8)13(2)11(7)14;1-6-4-7-5-8(12(14)15)2-3-9(7)11-10(6)13;1-7-6-8-4-2-3-5-9(8)11-10(7)12;1-8-6-9-4-2-3-5-10(9)11-7-8/h3-6H,1-2H3;3-6H,12H2,1-2H3;2-5H,1H3,(H,11,13);2-6H,1H3,(H,11,12);2-7H,1H3. The number of hydrogen-bond donors (Lipinski definition) is 3. The van der Waals surface area contributed by atoms with Crippen LogP contribution in [0.4, 0.5) is 17.1 Å². The summed E-state index contributed by atoms with van der Waals surface area (Å²) in [5.41, 5.74) is 14.2. The maximum absolute atomic E-state index is 11.6. The lowest BCUT2D eigenvalue weighted by molar-refractivity contribution is -0.384. The summed E-state index contributed by atoms with van der Waals surface area (Å²) in [7, 11) is 3.43. The number of fused-ring (bicyclic) bond motifs is 5. The summed E-state index contributed by atoms with van der Waals surface area (Å²) in [6.07, 6.45) is 1.89. The van der Waals surface area contributed by atoms with Crippen LogP contribution >= 0.6 is 0 Å². The molecule has 0 amide bonds. The first-order chi connectivity index (χ1) is 32.3. The Morgan fingerprint density at radius 2 is 0.956 bits per heavy atom. The Hall–Kier alpha value is -9.05. The number of aryl methyl sites for hydroxylation is 7. The van der Waals surface area contributed by atoms with Crippen LogP contribution in [0, 0.1) is 54.8 Å². The number of rotatable bonds is 2. The number of H-pyrrole nitrogens is 2. The average molecular weight is 913 g/mol. The third kappa shape index (κ3) is 11.4. The summed E-state index contributed by atoms with van der Waals surface area (Å²) in [6.45, 7) is 9.04. The summed E-state index contributed by atoms with van der Waals surface area (Å²) < 4.78 is 3.14. The van der Waals surface area contributed by atoms with Gasteiger partial charge in [0.25, 0.3) is 33.6 Å². The van der Waals surface area contributed by atoms with E-state index in [1.54, 1.807) is 56.8 Å². The highest BCUT2D eigenvalue weighted by Gasteiger charge is 2.10. The van der Waals surface area contributed by atoms with Gasteiger partial charge in [-0.15, -0.1) is 0 Å². The van der Waals surface area contributed by atoms with Crippen molar-refractivity contribution in [2.45, 2.75) is 34.6 Å². The third-order valence-electron chi connectivity index (χ3n) is 10.9. The number of nitro groups is 2. The van der Waals surface area contributed by atoms with E-state index >= 15 is 0 Å². The number of benzene rings is 5.